The summed E-state index contributed by atoms with van der Waals surface area (Å²) in [6.07, 6.45) is 8.80. The van der Waals surface area contributed by atoms with Crippen molar-refractivity contribution < 1.29 is 4.79 Å². The molecule has 24 heavy (non-hydrogen) atoms. The molecule has 1 aromatic carbocycles. The van der Waals surface area contributed by atoms with Gasteiger partial charge in [-0.3, -0.25) is 4.79 Å². The lowest BCUT2D eigenvalue weighted by Crippen LogP contribution is -2.41. The molecule has 1 atom stereocenters. The normalized spacial score (nSPS) is 18.7. The highest BCUT2D eigenvalue weighted by atomic mass is 32.1. The third-order valence-electron chi connectivity index (χ3n) is 5.34. The number of para-hydroxylation sites is 1. The molecule has 2 fully saturated rings. The van der Waals surface area contributed by atoms with E-state index >= 15 is 0 Å². The van der Waals surface area contributed by atoms with E-state index in [0.717, 1.165) is 30.7 Å². The molecule has 1 aromatic heterocycles. The van der Waals surface area contributed by atoms with Gasteiger partial charge in [0, 0.05) is 18.5 Å². The van der Waals surface area contributed by atoms with E-state index < -0.39 is 0 Å². The number of rotatable bonds is 8. The number of amides is 1. The molecule has 128 valence electrons. The highest BCUT2D eigenvalue weighted by Gasteiger charge is 2.41. The lowest BCUT2D eigenvalue weighted by molar-refractivity contribution is -0.134. The monoisotopic (exact) mass is 342 g/mol. The average molecular weight is 343 g/mol. The van der Waals surface area contributed by atoms with Crippen LogP contribution in [0, 0.1) is 5.92 Å². The van der Waals surface area contributed by atoms with Crippen molar-refractivity contribution in [1.82, 2.24) is 9.88 Å². The van der Waals surface area contributed by atoms with E-state index in [4.69, 9.17) is 0 Å². The maximum absolute atomic E-state index is 12.7. The summed E-state index contributed by atoms with van der Waals surface area (Å²) in [7, 11) is 0. The van der Waals surface area contributed by atoms with E-state index in [1.165, 1.54) is 35.4 Å². The van der Waals surface area contributed by atoms with Crippen molar-refractivity contribution in [2.75, 3.05) is 0 Å². The molecule has 0 saturated heterocycles. The summed E-state index contributed by atoms with van der Waals surface area (Å²) in [5, 5.41) is 1.20. The van der Waals surface area contributed by atoms with Gasteiger partial charge in [0.1, 0.15) is 0 Å². The van der Waals surface area contributed by atoms with E-state index in [1.54, 1.807) is 11.3 Å². The van der Waals surface area contributed by atoms with Gasteiger partial charge in [-0.05, 0) is 69.9 Å². The van der Waals surface area contributed by atoms with Gasteiger partial charge in [0.2, 0.25) is 5.91 Å². The van der Waals surface area contributed by atoms with Crippen molar-refractivity contribution in [2.24, 2.45) is 5.92 Å². The molecule has 0 spiro atoms. The number of carbonyl (C=O) groups excluding carboxylic acids is 1. The van der Waals surface area contributed by atoms with Gasteiger partial charge in [-0.2, -0.15) is 0 Å². The fourth-order valence-corrected chi connectivity index (χ4v) is 4.64. The Morgan fingerprint density at radius 2 is 2.04 bits per heavy atom. The van der Waals surface area contributed by atoms with Crippen LogP contribution in [0.15, 0.2) is 24.3 Å². The van der Waals surface area contributed by atoms with Gasteiger partial charge < -0.3 is 4.90 Å². The van der Waals surface area contributed by atoms with Crippen molar-refractivity contribution in [1.29, 1.82) is 0 Å². The van der Waals surface area contributed by atoms with Crippen LogP contribution in [-0.2, 0) is 11.2 Å². The molecule has 2 saturated carbocycles. The largest absolute Gasteiger partial charge is 0.337 e. The second-order valence-electron chi connectivity index (χ2n) is 7.39. The number of aryl methyl sites for hydroxylation is 1. The van der Waals surface area contributed by atoms with Crippen LogP contribution in [0.4, 0.5) is 0 Å². The maximum Gasteiger partial charge on any atom is 0.223 e. The number of aromatic nitrogens is 1. The SMILES string of the molecule is CC(C1CC1)N(C(=O)CCCCc1nc2ccccc2s1)C1CC1. The molecule has 0 N–H and O–H groups in total. The fourth-order valence-electron chi connectivity index (χ4n) is 3.63. The van der Waals surface area contributed by atoms with Crippen molar-refractivity contribution in [3.05, 3.63) is 29.3 Å². The number of thiazole rings is 1. The van der Waals surface area contributed by atoms with Gasteiger partial charge in [-0.25, -0.2) is 4.98 Å². The van der Waals surface area contributed by atoms with Gasteiger partial charge >= 0.3 is 0 Å². The van der Waals surface area contributed by atoms with E-state index in [1.807, 2.05) is 6.07 Å². The second-order valence-corrected chi connectivity index (χ2v) is 8.51. The van der Waals surface area contributed by atoms with Gasteiger partial charge in [-0.1, -0.05) is 12.1 Å². The Morgan fingerprint density at radius 1 is 1.25 bits per heavy atom. The minimum Gasteiger partial charge on any atom is -0.337 e. The first-order valence-corrected chi connectivity index (χ1v) is 10.2. The van der Waals surface area contributed by atoms with Crippen LogP contribution in [0.25, 0.3) is 10.2 Å². The molecule has 0 aliphatic heterocycles. The maximum atomic E-state index is 12.7. The van der Waals surface area contributed by atoms with Crippen LogP contribution < -0.4 is 0 Å². The van der Waals surface area contributed by atoms with E-state index in [0.29, 0.717) is 24.4 Å². The number of hydrogen-bond donors (Lipinski definition) is 0. The van der Waals surface area contributed by atoms with E-state index in [-0.39, 0.29) is 0 Å². The summed E-state index contributed by atoms with van der Waals surface area (Å²) in [6, 6.07) is 9.33. The molecule has 2 aliphatic rings. The number of hydrogen-bond acceptors (Lipinski definition) is 3. The smallest absolute Gasteiger partial charge is 0.223 e. The van der Waals surface area contributed by atoms with Crippen LogP contribution in [0.5, 0.6) is 0 Å². The van der Waals surface area contributed by atoms with Crippen molar-refractivity contribution in [2.45, 2.75) is 70.4 Å². The Hall–Kier alpha value is -1.42. The molecule has 4 rings (SSSR count). The Morgan fingerprint density at radius 3 is 2.75 bits per heavy atom. The van der Waals surface area contributed by atoms with Crippen LogP contribution in [0.2, 0.25) is 0 Å². The third kappa shape index (κ3) is 3.64. The number of benzene rings is 1. The summed E-state index contributed by atoms with van der Waals surface area (Å²) in [6.45, 7) is 2.26. The van der Waals surface area contributed by atoms with Crippen molar-refractivity contribution >= 4 is 27.5 Å². The van der Waals surface area contributed by atoms with Gasteiger partial charge in [0.15, 0.2) is 0 Å². The van der Waals surface area contributed by atoms with Crippen LogP contribution in [0.1, 0.15) is 56.9 Å². The summed E-state index contributed by atoms with van der Waals surface area (Å²) in [4.78, 5) is 19.6. The standard InChI is InChI=1S/C20H26N2OS/c1-14(15-10-11-15)22(16-12-13-16)20(23)9-5-4-8-19-21-17-6-2-3-7-18(17)24-19/h2-3,6-7,14-16H,4-5,8-13H2,1H3. The Kier molecular flexibility index (Phi) is 4.57. The highest BCUT2D eigenvalue weighted by Crippen LogP contribution is 2.40. The molecule has 2 aromatic rings. The number of carbonyl (C=O) groups is 1. The Labute approximate surface area is 148 Å². The lowest BCUT2D eigenvalue weighted by atomic mass is 10.1. The first kappa shape index (κ1) is 16.1. The minimum absolute atomic E-state index is 0.390. The highest BCUT2D eigenvalue weighted by molar-refractivity contribution is 7.18. The third-order valence-corrected chi connectivity index (χ3v) is 6.44. The van der Waals surface area contributed by atoms with Crippen LogP contribution >= 0.6 is 11.3 Å². The Balaban J connectivity index is 1.26. The predicted octanol–water partition coefficient (Wildman–Crippen LogP) is 4.80. The summed E-state index contributed by atoms with van der Waals surface area (Å²) < 4.78 is 1.27. The van der Waals surface area contributed by atoms with Crippen molar-refractivity contribution in [3.63, 3.8) is 0 Å². The molecular weight excluding hydrogens is 316 g/mol. The summed E-state index contributed by atoms with van der Waals surface area (Å²) in [5.74, 6) is 1.17. The van der Waals surface area contributed by atoms with Gasteiger partial charge in [0.25, 0.3) is 0 Å². The Bertz CT molecular complexity index is 684. The molecular formula is C20H26N2OS. The quantitative estimate of drug-likeness (QED) is 0.646. The number of unbranched alkanes of at least 4 members (excludes halogenated alkanes) is 1. The van der Waals surface area contributed by atoms with E-state index in [2.05, 4.69) is 35.0 Å². The molecule has 1 heterocycles. The average Bonchev–Trinajstić information content (AvgIpc) is 3.48. The van der Waals surface area contributed by atoms with Gasteiger partial charge in [0.05, 0.1) is 15.2 Å². The van der Waals surface area contributed by atoms with E-state index in [9.17, 15) is 4.79 Å². The summed E-state index contributed by atoms with van der Waals surface area (Å²) >= 11 is 1.79. The fraction of sp³-hybridized carbons (Fsp3) is 0.600. The first-order chi connectivity index (χ1) is 11.7. The van der Waals surface area contributed by atoms with Crippen molar-refractivity contribution in [3.8, 4) is 0 Å². The number of nitrogens with zero attached hydrogens (tertiary/aromatic N) is 2. The van der Waals surface area contributed by atoms with Gasteiger partial charge in [-0.15, -0.1) is 11.3 Å². The van der Waals surface area contributed by atoms with Crippen LogP contribution in [-0.4, -0.2) is 27.9 Å². The second kappa shape index (κ2) is 6.83. The first-order valence-electron chi connectivity index (χ1n) is 9.38. The zero-order chi connectivity index (χ0) is 16.5. The zero-order valence-corrected chi connectivity index (χ0v) is 15.2. The number of fused-ring (bicyclic) bond motifs is 1. The topological polar surface area (TPSA) is 33.2 Å². The summed E-state index contributed by atoms with van der Waals surface area (Å²) in [5.41, 5.74) is 1.10. The molecule has 4 heteroatoms. The predicted molar refractivity (Wildman–Crippen MR) is 99.2 cm³/mol. The van der Waals surface area contributed by atoms with Crippen LogP contribution in [0.3, 0.4) is 0 Å². The molecule has 1 amide bonds. The minimum atomic E-state index is 0.390. The molecule has 0 radical (unpaired) electrons. The lowest BCUT2D eigenvalue weighted by Gasteiger charge is -2.29. The molecule has 1 unspecified atom stereocenters. The molecule has 3 nitrogen and oxygen atoms in total. The molecule has 2 aliphatic carbocycles. The zero-order valence-electron chi connectivity index (χ0n) is 14.4. The molecule has 0 bridgehead atoms.